The fraction of sp³-hybridized carbons (Fsp3) is 0.300. The Labute approximate surface area is 92.2 Å². The minimum absolute atomic E-state index is 0.371. The second-order valence-corrected chi connectivity index (χ2v) is 4.86. The van der Waals surface area contributed by atoms with Gasteiger partial charge in [-0.3, -0.25) is 4.79 Å². The molecule has 1 aromatic carbocycles. The number of aryl methyl sites for hydroxylation is 2. The molecule has 0 spiro atoms. The highest BCUT2D eigenvalue weighted by atomic mass is 35.5. The molecule has 1 aliphatic rings. The zero-order valence-electron chi connectivity index (χ0n) is 7.82. The highest BCUT2D eigenvalue weighted by molar-refractivity contribution is 6.60. The van der Waals surface area contributed by atoms with Crippen molar-refractivity contribution < 1.29 is 4.79 Å². The van der Waals surface area contributed by atoms with Crippen LogP contribution in [0.15, 0.2) is 12.1 Å². The monoisotopic (exact) mass is 229 g/mol. The largest absolute Gasteiger partial charge is 0.323 e. The Morgan fingerprint density at radius 2 is 1.93 bits per heavy atom. The molecule has 2 nitrogen and oxygen atoms in total. The van der Waals surface area contributed by atoms with Crippen LogP contribution in [-0.4, -0.2) is 5.91 Å². The molecule has 1 amide bonds. The van der Waals surface area contributed by atoms with Crippen LogP contribution in [0.1, 0.15) is 16.7 Å². The number of rotatable bonds is 0. The van der Waals surface area contributed by atoms with Gasteiger partial charge in [0.1, 0.15) is 0 Å². The summed E-state index contributed by atoms with van der Waals surface area (Å²) in [6, 6.07) is 3.81. The Balaban J connectivity index is 2.71. The highest BCUT2D eigenvalue weighted by Gasteiger charge is 2.44. The zero-order valence-corrected chi connectivity index (χ0v) is 9.33. The summed E-state index contributed by atoms with van der Waals surface area (Å²) in [5, 5.41) is 2.68. The second kappa shape index (κ2) is 2.88. The van der Waals surface area contributed by atoms with Crippen LogP contribution < -0.4 is 5.32 Å². The molecular formula is C10H9Cl2NO. The Morgan fingerprint density at radius 3 is 2.57 bits per heavy atom. The Morgan fingerprint density at radius 1 is 1.29 bits per heavy atom. The normalized spacial score (nSPS) is 17.9. The lowest BCUT2D eigenvalue weighted by Crippen LogP contribution is -2.21. The summed E-state index contributed by atoms with van der Waals surface area (Å²) in [6.45, 7) is 3.86. The molecule has 0 aromatic heterocycles. The molecule has 0 atom stereocenters. The van der Waals surface area contributed by atoms with E-state index in [2.05, 4.69) is 5.32 Å². The maximum Gasteiger partial charge on any atom is 0.265 e. The minimum Gasteiger partial charge on any atom is -0.323 e. The van der Waals surface area contributed by atoms with Gasteiger partial charge in [-0.15, -0.1) is 0 Å². The molecule has 4 heteroatoms. The number of fused-ring (bicyclic) bond motifs is 1. The topological polar surface area (TPSA) is 29.1 Å². The molecule has 2 rings (SSSR count). The van der Waals surface area contributed by atoms with Crippen LogP contribution in [0.5, 0.6) is 0 Å². The third-order valence-corrected chi connectivity index (χ3v) is 3.09. The van der Waals surface area contributed by atoms with Crippen molar-refractivity contribution in [3.05, 3.63) is 28.8 Å². The molecular weight excluding hydrogens is 221 g/mol. The quantitative estimate of drug-likeness (QED) is 0.682. The van der Waals surface area contributed by atoms with Crippen molar-refractivity contribution in [1.82, 2.24) is 0 Å². The minimum atomic E-state index is -1.44. The molecule has 74 valence electrons. The highest BCUT2D eigenvalue weighted by Crippen LogP contribution is 2.45. The molecule has 1 N–H and O–H groups in total. The third kappa shape index (κ3) is 1.22. The van der Waals surface area contributed by atoms with Gasteiger partial charge in [0, 0.05) is 5.56 Å². The van der Waals surface area contributed by atoms with Gasteiger partial charge < -0.3 is 5.32 Å². The number of anilines is 1. The van der Waals surface area contributed by atoms with Crippen LogP contribution in [0, 0.1) is 13.8 Å². The van der Waals surface area contributed by atoms with Gasteiger partial charge in [0.2, 0.25) is 4.33 Å². The van der Waals surface area contributed by atoms with Gasteiger partial charge >= 0.3 is 0 Å². The van der Waals surface area contributed by atoms with E-state index in [0.717, 1.165) is 16.8 Å². The number of hydrogen-bond acceptors (Lipinski definition) is 1. The summed E-state index contributed by atoms with van der Waals surface area (Å²) < 4.78 is -1.44. The average Bonchev–Trinajstić information content (AvgIpc) is 2.28. The molecule has 0 radical (unpaired) electrons. The van der Waals surface area contributed by atoms with E-state index >= 15 is 0 Å². The van der Waals surface area contributed by atoms with E-state index in [9.17, 15) is 4.79 Å². The van der Waals surface area contributed by atoms with Crippen molar-refractivity contribution >= 4 is 34.8 Å². The van der Waals surface area contributed by atoms with Crippen LogP contribution in [0.2, 0.25) is 0 Å². The van der Waals surface area contributed by atoms with Crippen LogP contribution >= 0.6 is 23.2 Å². The summed E-state index contributed by atoms with van der Waals surface area (Å²) in [6.07, 6.45) is 0. The lowest BCUT2D eigenvalue weighted by atomic mass is 10.0. The molecule has 14 heavy (non-hydrogen) atoms. The molecule has 0 saturated carbocycles. The van der Waals surface area contributed by atoms with Crippen molar-refractivity contribution in [2.75, 3.05) is 5.32 Å². The average molecular weight is 230 g/mol. The van der Waals surface area contributed by atoms with E-state index in [-0.39, 0.29) is 5.91 Å². The van der Waals surface area contributed by atoms with Crippen molar-refractivity contribution in [3.63, 3.8) is 0 Å². The number of carbonyl (C=O) groups is 1. The number of hydrogen-bond donors (Lipinski definition) is 1. The third-order valence-electron chi connectivity index (χ3n) is 2.34. The zero-order chi connectivity index (χ0) is 10.5. The lowest BCUT2D eigenvalue weighted by molar-refractivity contribution is -0.116. The first-order valence-electron chi connectivity index (χ1n) is 4.24. The van der Waals surface area contributed by atoms with Crippen molar-refractivity contribution in [2.45, 2.75) is 18.2 Å². The van der Waals surface area contributed by atoms with E-state index in [1.165, 1.54) is 0 Å². The molecule has 0 bridgehead atoms. The van der Waals surface area contributed by atoms with Crippen molar-refractivity contribution in [3.8, 4) is 0 Å². The van der Waals surface area contributed by atoms with Gasteiger partial charge in [-0.05, 0) is 19.4 Å². The van der Waals surface area contributed by atoms with Gasteiger partial charge in [0.05, 0.1) is 5.69 Å². The van der Waals surface area contributed by atoms with Crippen LogP contribution in [0.3, 0.4) is 0 Å². The summed E-state index contributed by atoms with van der Waals surface area (Å²) >= 11 is 11.9. The van der Waals surface area contributed by atoms with E-state index in [1.807, 2.05) is 26.0 Å². The van der Waals surface area contributed by atoms with E-state index in [4.69, 9.17) is 23.2 Å². The van der Waals surface area contributed by atoms with Gasteiger partial charge in [0.25, 0.3) is 5.91 Å². The number of benzene rings is 1. The fourth-order valence-corrected chi connectivity index (χ4v) is 2.09. The first-order chi connectivity index (χ1) is 6.43. The standard InChI is InChI=1S/C10H9Cl2NO/c1-5-3-6(2)8-7(4-5)10(11,12)9(14)13-8/h3-4H,1-2H3,(H,13,14). The van der Waals surface area contributed by atoms with Crippen molar-refractivity contribution in [2.24, 2.45) is 0 Å². The van der Waals surface area contributed by atoms with E-state index in [1.54, 1.807) is 0 Å². The predicted molar refractivity (Wildman–Crippen MR) is 57.9 cm³/mol. The van der Waals surface area contributed by atoms with Gasteiger partial charge in [-0.2, -0.15) is 0 Å². The van der Waals surface area contributed by atoms with Crippen LogP contribution in [-0.2, 0) is 9.13 Å². The molecule has 0 aliphatic carbocycles. The number of carbonyl (C=O) groups excluding carboxylic acids is 1. The first kappa shape index (κ1) is 9.81. The first-order valence-corrected chi connectivity index (χ1v) is 4.99. The number of halogens is 2. The smallest absolute Gasteiger partial charge is 0.265 e. The molecule has 1 heterocycles. The molecule has 1 aliphatic heterocycles. The second-order valence-electron chi connectivity index (χ2n) is 3.53. The molecule has 0 fully saturated rings. The Kier molecular flexibility index (Phi) is 2.02. The summed E-state index contributed by atoms with van der Waals surface area (Å²) in [4.78, 5) is 11.4. The maximum atomic E-state index is 11.4. The van der Waals surface area contributed by atoms with Crippen LogP contribution in [0.4, 0.5) is 5.69 Å². The number of alkyl halides is 2. The maximum absolute atomic E-state index is 11.4. The Hall–Kier alpha value is -0.730. The summed E-state index contributed by atoms with van der Waals surface area (Å²) in [5.74, 6) is -0.371. The summed E-state index contributed by atoms with van der Waals surface area (Å²) in [7, 11) is 0. The number of nitrogens with one attached hydrogen (secondary N) is 1. The van der Waals surface area contributed by atoms with Gasteiger partial charge in [-0.1, -0.05) is 40.9 Å². The van der Waals surface area contributed by atoms with Gasteiger partial charge in [0.15, 0.2) is 0 Å². The van der Waals surface area contributed by atoms with Crippen LogP contribution in [0.25, 0.3) is 0 Å². The molecule has 0 saturated heterocycles. The fourth-order valence-electron chi connectivity index (χ4n) is 1.70. The Bertz CT molecular complexity index is 426. The molecule has 1 aromatic rings. The van der Waals surface area contributed by atoms with Gasteiger partial charge in [-0.25, -0.2) is 0 Å². The lowest BCUT2D eigenvalue weighted by Gasteiger charge is -2.10. The predicted octanol–water partition coefficient (Wildman–Crippen LogP) is 2.89. The molecule has 0 unspecified atom stereocenters. The SMILES string of the molecule is Cc1cc(C)c2c(c1)C(Cl)(Cl)C(=O)N2. The number of amides is 1. The van der Waals surface area contributed by atoms with Crippen molar-refractivity contribution in [1.29, 1.82) is 0 Å². The summed E-state index contributed by atoms with van der Waals surface area (Å²) in [5.41, 5.74) is 3.42. The van der Waals surface area contributed by atoms with E-state index in [0.29, 0.717) is 5.56 Å². The van der Waals surface area contributed by atoms with E-state index < -0.39 is 4.33 Å².